The van der Waals surface area contributed by atoms with Gasteiger partial charge in [-0.1, -0.05) is 0 Å². The van der Waals surface area contributed by atoms with Gasteiger partial charge >= 0.3 is 0 Å². The van der Waals surface area contributed by atoms with E-state index in [0.29, 0.717) is 18.0 Å². The van der Waals surface area contributed by atoms with Crippen LogP contribution in [-0.2, 0) is 11.3 Å². The zero-order chi connectivity index (χ0) is 17.8. The van der Waals surface area contributed by atoms with Crippen LogP contribution in [0.25, 0.3) is 0 Å². The summed E-state index contributed by atoms with van der Waals surface area (Å²) in [5, 5.41) is 9.49. The SMILES string of the molecule is COc1nccc(N2CCC[C@@H](c3nccn3CC(N)=O)C2)c1C#N. The summed E-state index contributed by atoms with van der Waals surface area (Å²) in [7, 11) is 1.51. The fourth-order valence-electron chi connectivity index (χ4n) is 3.35. The molecule has 8 nitrogen and oxygen atoms in total. The van der Waals surface area contributed by atoms with Crippen LogP contribution < -0.4 is 15.4 Å². The van der Waals surface area contributed by atoms with Crippen molar-refractivity contribution in [1.82, 2.24) is 14.5 Å². The number of carbonyl (C=O) groups excluding carboxylic acids is 1. The molecule has 0 unspecified atom stereocenters. The van der Waals surface area contributed by atoms with Gasteiger partial charge in [0.25, 0.3) is 0 Å². The number of hydrogen-bond donors (Lipinski definition) is 1. The lowest BCUT2D eigenvalue weighted by Crippen LogP contribution is -2.36. The Balaban J connectivity index is 1.87. The lowest BCUT2D eigenvalue weighted by molar-refractivity contribution is -0.118. The highest BCUT2D eigenvalue weighted by molar-refractivity contribution is 5.73. The first-order valence-corrected chi connectivity index (χ1v) is 8.11. The van der Waals surface area contributed by atoms with Gasteiger partial charge < -0.3 is 19.9 Å². The molecule has 1 aliphatic rings. The predicted molar refractivity (Wildman–Crippen MR) is 91.1 cm³/mol. The second kappa shape index (κ2) is 7.21. The molecule has 0 saturated carbocycles. The van der Waals surface area contributed by atoms with Gasteiger partial charge in [0.2, 0.25) is 11.8 Å². The molecule has 2 N–H and O–H groups in total. The number of anilines is 1. The Morgan fingerprint density at radius 2 is 2.32 bits per heavy atom. The number of rotatable bonds is 5. The molecule has 1 atom stereocenters. The van der Waals surface area contributed by atoms with E-state index in [1.165, 1.54) is 7.11 Å². The van der Waals surface area contributed by atoms with Crippen molar-refractivity contribution in [2.45, 2.75) is 25.3 Å². The van der Waals surface area contributed by atoms with Crippen LogP contribution >= 0.6 is 0 Å². The summed E-state index contributed by atoms with van der Waals surface area (Å²) < 4.78 is 7.00. The maximum absolute atomic E-state index is 11.2. The summed E-state index contributed by atoms with van der Waals surface area (Å²) in [5.74, 6) is 0.951. The summed E-state index contributed by atoms with van der Waals surface area (Å²) in [6.45, 7) is 1.67. The highest BCUT2D eigenvalue weighted by Crippen LogP contribution is 2.33. The van der Waals surface area contributed by atoms with Gasteiger partial charge in [-0.05, 0) is 18.9 Å². The molecular weight excluding hydrogens is 320 g/mol. The topological polar surface area (TPSA) is 110 Å². The fourth-order valence-corrected chi connectivity index (χ4v) is 3.35. The van der Waals surface area contributed by atoms with Crippen LogP contribution in [-0.4, -0.2) is 40.6 Å². The molecule has 3 heterocycles. The lowest BCUT2D eigenvalue weighted by atomic mass is 9.96. The van der Waals surface area contributed by atoms with Gasteiger partial charge in [0.15, 0.2) is 0 Å². The molecule has 0 aromatic carbocycles. The minimum Gasteiger partial charge on any atom is -0.480 e. The quantitative estimate of drug-likeness (QED) is 0.870. The number of nitrogens with two attached hydrogens (primary N) is 1. The van der Waals surface area contributed by atoms with Gasteiger partial charge in [0.05, 0.1) is 12.8 Å². The summed E-state index contributed by atoms with van der Waals surface area (Å²) in [6, 6.07) is 4.02. The minimum atomic E-state index is -0.391. The Hall–Kier alpha value is -3.08. The molecule has 1 aliphatic heterocycles. The molecule has 8 heteroatoms. The number of amides is 1. The normalized spacial score (nSPS) is 17.1. The van der Waals surface area contributed by atoms with Crippen molar-refractivity contribution in [3.05, 3.63) is 36.0 Å². The second-order valence-corrected chi connectivity index (χ2v) is 5.99. The molecule has 1 fully saturated rings. The van der Waals surface area contributed by atoms with E-state index in [-0.39, 0.29) is 12.5 Å². The molecule has 1 amide bonds. The Morgan fingerprint density at radius 1 is 1.48 bits per heavy atom. The third-order valence-corrected chi connectivity index (χ3v) is 4.40. The molecule has 0 spiro atoms. The lowest BCUT2D eigenvalue weighted by Gasteiger charge is -2.34. The highest BCUT2D eigenvalue weighted by atomic mass is 16.5. The molecule has 1 saturated heterocycles. The Labute approximate surface area is 145 Å². The number of ether oxygens (including phenoxy) is 1. The van der Waals surface area contributed by atoms with Gasteiger partial charge in [-0.15, -0.1) is 0 Å². The maximum Gasteiger partial charge on any atom is 0.237 e. The highest BCUT2D eigenvalue weighted by Gasteiger charge is 2.27. The smallest absolute Gasteiger partial charge is 0.237 e. The van der Waals surface area contributed by atoms with Gasteiger partial charge in [0.1, 0.15) is 24.0 Å². The summed E-state index contributed by atoms with van der Waals surface area (Å²) in [6.07, 6.45) is 7.04. The van der Waals surface area contributed by atoms with Crippen molar-refractivity contribution in [1.29, 1.82) is 5.26 Å². The van der Waals surface area contributed by atoms with Crippen LogP contribution in [0.3, 0.4) is 0 Å². The zero-order valence-corrected chi connectivity index (χ0v) is 14.1. The van der Waals surface area contributed by atoms with E-state index in [0.717, 1.165) is 30.9 Å². The second-order valence-electron chi connectivity index (χ2n) is 5.99. The van der Waals surface area contributed by atoms with Crippen LogP contribution in [0.5, 0.6) is 5.88 Å². The van der Waals surface area contributed by atoms with E-state index in [1.807, 2.05) is 6.07 Å². The number of carbonyl (C=O) groups is 1. The first-order chi connectivity index (χ1) is 12.1. The maximum atomic E-state index is 11.2. The molecule has 130 valence electrons. The van der Waals surface area contributed by atoms with Crippen molar-refractivity contribution < 1.29 is 9.53 Å². The Kier molecular flexibility index (Phi) is 4.84. The van der Waals surface area contributed by atoms with Crippen LogP contribution in [0.15, 0.2) is 24.7 Å². The van der Waals surface area contributed by atoms with E-state index < -0.39 is 5.91 Å². The number of piperidine rings is 1. The third-order valence-electron chi connectivity index (χ3n) is 4.40. The zero-order valence-electron chi connectivity index (χ0n) is 14.1. The van der Waals surface area contributed by atoms with E-state index in [1.54, 1.807) is 23.2 Å². The van der Waals surface area contributed by atoms with Crippen molar-refractivity contribution >= 4 is 11.6 Å². The third kappa shape index (κ3) is 3.40. The standard InChI is InChI=1S/C17H20N6O2/c1-25-17-13(9-18)14(4-5-21-17)22-7-2-3-12(10-22)16-20-6-8-23(16)11-15(19)24/h4-6,8,12H,2-3,7,10-11H2,1H3,(H2,19,24)/t12-/m1/s1. The van der Waals surface area contributed by atoms with Crippen molar-refractivity contribution in [2.75, 3.05) is 25.1 Å². The number of nitriles is 1. The van der Waals surface area contributed by atoms with Gasteiger partial charge in [0, 0.05) is 37.6 Å². The van der Waals surface area contributed by atoms with E-state index in [9.17, 15) is 10.1 Å². The van der Waals surface area contributed by atoms with Crippen molar-refractivity contribution in [3.63, 3.8) is 0 Å². The van der Waals surface area contributed by atoms with Crippen LogP contribution in [0, 0.1) is 11.3 Å². The van der Waals surface area contributed by atoms with Crippen LogP contribution in [0.2, 0.25) is 0 Å². The number of primary amides is 1. The number of nitrogens with zero attached hydrogens (tertiary/aromatic N) is 5. The first kappa shape index (κ1) is 16.8. The van der Waals surface area contributed by atoms with E-state index in [4.69, 9.17) is 10.5 Å². The summed E-state index contributed by atoms with van der Waals surface area (Å²) in [5.41, 5.74) is 6.56. The monoisotopic (exact) mass is 340 g/mol. The molecule has 2 aromatic heterocycles. The largest absolute Gasteiger partial charge is 0.480 e. The van der Waals surface area contributed by atoms with Gasteiger partial charge in [-0.2, -0.15) is 5.26 Å². The average Bonchev–Trinajstić information content (AvgIpc) is 3.08. The average molecular weight is 340 g/mol. The fraction of sp³-hybridized carbons (Fsp3) is 0.412. The van der Waals surface area contributed by atoms with Gasteiger partial charge in [-0.3, -0.25) is 4.79 Å². The molecular formula is C17H20N6O2. The molecule has 0 radical (unpaired) electrons. The number of pyridine rings is 1. The molecule has 25 heavy (non-hydrogen) atoms. The Morgan fingerprint density at radius 3 is 3.04 bits per heavy atom. The van der Waals surface area contributed by atoms with Crippen LogP contribution in [0.1, 0.15) is 30.1 Å². The number of methoxy groups -OCH3 is 1. The van der Waals surface area contributed by atoms with Crippen LogP contribution in [0.4, 0.5) is 5.69 Å². The molecule has 2 aromatic rings. The van der Waals surface area contributed by atoms with E-state index >= 15 is 0 Å². The summed E-state index contributed by atoms with van der Waals surface area (Å²) in [4.78, 5) is 21.9. The molecule has 3 rings (SSSR count). The van der Waals surface area contributed by atoms with Crippen molar-refractivity contribution in [2.24, 2.45) is 5.73 Å². The summed E-state index contributed by atoms with van der Waals surface area (Å²) >= 11 is 0. The van der Waals surface area contributed by atoms with Crippen molar-refractivity contribution in [3.8, 4) is 11.9 Å². The van der Waals surface area contributed by atoms with Gasteiger partial charge in [-0.25, -0.2) is 9.97 Å². The number of imidazole rings is 1. The number of aromatic nitrogens is 3. The molecule has 0 aliphatic carbocycles. The van der Waals surface area contributed by atoms with E-state index in [2.05, 4.69) is 20.9 Å². The number of hydrogen-bond acceptors (Lipinski definition) is 6. The predicted octanol–water partition coefficient (Wildman–Crippen LogP) is 1.03. The molecule has 0 bridgehead atoms. The first-order valence-electron chi connectivity index (χ1n) is 8.11. The Bertz CT molecular complexity index is 810. The minimum absolute atomic E-state index is 0.123.